The van der Waals surface area contributed by atoms with Gasteiger partial charge in [-0.2, -0.15) is 0 Å². The van der Waals surface area contributed by atoms with Crippen LogP contribution in [0.15, 0.2) is 48.0 Å². The average Bonchev–Trinajstić information content (AvgIpc) is 3.00. The second-order valence-electron chi connectivity index (χ2n) is 6.19. The highest BCUT2D eigenvalue weighted by atomic mass is 35.5. The molecule has 0 aliphatic carbocycles. The lowest BCUT2D eigenvalue weighted by Crippen LogP contribution is -2.25. The molecule has 146 valence electrons. The van der Waals surface area contributed by atoms with Gasteiger partial charge in [-0.1, -0.05) is 17.7 Å². The molecule has 1 amide bonds. The number of hydrogen-bond acceptors (Lipinski definition) is 3. The highest BCUT2D eigenvalue weighted by Gasteiger charge is 2.36. The number of rotatable bonds is 5. The van der Waals surface area contributed by atoms with Crippen LogP contribution >= 0.6 is 30.3 Å². The Balaban J connectivity index is 1.88. The van der Waals surface area contributed by atoms with Crippen molar-refractivity contribution in [3.63, 3.8) is 0 Å². The first-order valence-electron chi connectivity index (χ1n) is 8.05. The maximum atomic E-state index is 13.2. The van der Waals surface area contributed by atoms with Crippen LogP contribution in [0.5, 0.6) is 0 Å². The number of amides is 1. The van der Waals surface area contributed by atoms with E-state index in [4.69, 9.17) is 11.6 Å². The second-order valence-corrected chi connectivity index (χ2v) is 9.94. The minimum atomic E-state index is -3.86. The fourth-order valence-electron chi connectivity index (χ4n) is 2.76. The summed E-state index contributed by atoms with van der Waals surface area (Å²) in [5.74, 6) is -2.68. The van der Waals surface area contributed by atoms with Crippen molar-refractivity contribution in [2.45, 2.75) is 5.66 Å². The zero-order valence-electron chi connectivity index (χ0n) is 14.5. The summed E-state index contributed by atoms with van der Waals surface area (Å²) in [5, 5.41) is 5.20. The fraction of sp³-hybridized carbons (Fsp3) is 0.105. The van der Waals surface area contributed by atoms with Crippen LogP contribution in [0.2, 0.25) is 5.02 Å². The largest absolute Gasteiger partial charge is 0.344 e. The third-order valence-corrected chi connectivity index (χ3v) is 6.72. The average molecular weight is 442 g/mol. The molecule has 28 heavy (non-hydrogen) atoms. The van der Waals surface area contributed by atoms with E-state index in [9.17, 15) is 23.0 Å². The van der Waals surface area contributed by atoms with E-state index in [0.717, 1.165) is 23.5 Å². The summed E-state index contributed by atoms with van der Waals surface area (Å²) in [7, 11) is -3.86. The Morgan fingerprint density at radius 1 is 1.25 bits per heavy atom. The van der Waals surface area contributed by atoms with Gasteiger partial charge in [0, 0.05) is 22.6 Å². The summed E-state index contributed by atoms with van der Waals surface area (Å²) in [5.41, 5.74) is -0.559. The zero-order valence-corrected chi connectivity index (χ0v) is 17.0. The second kappa shape index (κ2) is 8.13. The number of fused-ring (bicyclic) bond motifs is 1. The van der Waals surface area contributed by atoms with E-state index in [-0.39, 0.29) is 0 Å². The molecule has 3 rings (SSSR count). The van der Waals surface area contributed by atoms with Crippen molar-refractivity contribution in [3.8, 4) is 0 Å². The van der Waals surface area contributed by atoms with Gasteiger partial charge < -0.3 is 10.2 Å². The standard InChI is InChI=1S/C19H15ClF2NO3PS/c1-27(25,26)18(14-10-28-17-5-3-12(20)9-13(14)17)19(24)23-7-6-11-2-4-15(21)16(22)8-11/h2-10,18H,1H3,(H,23,24)(H,25,26)/b7-6+. The number of benzene rings is 2. The molecular formula is C19H15ClF2NO3PS. The molecule has 3 aromatic rings. The van der Waals surface area contributed by atoms with Crippen LogP contribution in [0.3, 0.4) is 0 Å². The maximum absolute atomic E-state index is 13.2. The van der Waals surface area contributed by atoms with Gasteiger partial charge in [-0.3, -0.25) is 9.36 Å². The van der Waals surface area contributed by atoms with Crippen LogP contribution in [0.4, 0.5) is 8.78 Å². The van der Waals surface area contributed by atoms with Crippen LogP contribution in [-0.4, -0.2) is 17.5 Å². The van der Waals surface area contributed by atoms with E-state index >= 15 is 0 Å². The van der Waals surface area contributed by atoms with Crippen molar-refractivity contribution in [2.24, 2.45) is 0 Å². The first kappa shape index (κ1) is 20.7. The minimum Gasteiger partial charge on any atom is -0.344 e. The van der Waals surface area contributed by atoms with Crippen molar-refractivity contribution in [3.05, 3.63) is 75.8 Å². The van der Waals surface area contributed by atoms with E-state index in [1.165, 1.54) is 29.7 Å². The Morgan fingerprint density at radius 2 is 2.00 bits per heavy atom. The Hall–Kier alpha value is -2.05. The lowest BCUT2D eigenvalue weighted by molar-refractivity contribution is -0.120. The molecule has 2 aromatic carbocycles. The Bertz CT molecular complexity index is 1130. The zero-order chi connectivity index (χ0) is 20.5. The third kappa shape index (κ3) is 4.50. The number of halogens is 3. The topological polar surface area (TPSA) is 66.4 Å². The van der Waals surface area contributed by atoms with Crippen molar-refractivity contribution >= 4 is 52.4 Å². The van der Waals surface area contributed by atoms with Gasteiger partial charge in [0.15, 0.2) is 11.6 Å². The van der Waals surface area contributed by atoms with Gasteiger partial charge in [0.2, 0.25) is 13.3 Å². The van der Waals surface area contributed by atoms with E-state index < -0.39 is 30.6 Å². The van der Waals surface area contributed by atoms with Crippen molar-refractivity contribution in [2.75, 3.05) is 6.66 Å². The van der Waals surface area contributed by atoms with E-state index in [1.807, 2.05) is 0 Å². The van der Waals surface area contributed by atoms with Crippen LogP contribution in [0.25, 0.3) is 16.2 Å². The molecule has 4 nitrogen and oxygen atoms in total. The predicted molar refractivity (Wildman–Crippen MR) is 109 cm³/mol. The fourth-order valence-corrected chi connectivity index (χ4v) is 5.24. The number of thiophene rings is 1. The van der Waals surface area contributed by atoms with Gasteiger partial charge in [0.25, 0.3) is 0 Å². The first-order chi connectivity index (χ1) is 13.2. The lowest BCUT2D eigenvalue weighted by atomic mass is 10.1. The molecule has 1 aromatic heterocycles. The van der Waals surface area contributed by atoms with Crippen molar-refractivity contribution in [1.82, 2.24) is 5.32 Å². The summed E-state index contributed by atoms with van der Waals surface area (Å²) in [6.45, 7) is 1.12. The molecule has 0 spiro atoms. The maximum Gasteiger partial charge on any atom is 0.241 e. The van der Waals surface area contributed by atoms with Crippen LogP contribution in [0, 0.1) is 11.6 Å². The Labute approximate surface area is 168 Å². The predicted octanol–water partition coefficient (Wildman–Crippen LogP) is 5.56. The van der Waals surface area contributed by atoms with Gasteiger partial charge in [0.05, 0.1) is 0 Å². The number of nitrogens with one attached hydrogen (secondary N) is 1. The summed E-state index contributed by atoms with van der Waals surface area (Å²) in [6, 6.07) is 8.41. The van der Waals surface area contributed by atoms with Gasteiger partial charge in [-0.15, -0.1) is 11.3 Å². The van der Waals surface area contributed by atoms with E-state index in [1.54, 1.807) is 23.6 Å². The SMILES string of the molecule is CP(=O)(O)C(C(=O)N/C=C/c1ccc(F)c(F)c1)c1csc2ccc(Cl)cc12. The molecule has 0 aliphatic rings. The van der Waals surface area contributed by atoms with Crippen LogP contribution in [-0.2, 0) is 9.36 Å². The molecule has 0 radical (unpaired) electrons. The van der Waals surface area contributed by atoms with E-state index in [2.05, 4.69) is 5.32 Å². The smallest absolute Gasteiger partial charge is 0.241 e. The molecule has 0 saturated carbocycles. The first-order valence-corrected chi connectivity index (χ1v) is 11.5. The van der Waals surface area contributed by atoms with Crippen molar-refractivity contribution < 1.29 is 23.0 Å². The lowest BCUT2D eigenvalue weighted by Gasteiger charge is -2.18. The molecule has 0 fully saturated rings. The molecule has 1 heterocycles. The quantitative estimate of drug-likeness (QED) is 0.509. The summed E-state index contributed by atoms with van der Waals surface area (Å²) >= 11 is 7.37. The highest BCUT2D eigenvalue weighted by Crippen LogP contribution is 2.54. The van der Waals surface area contributed by atoms with Crippen LogP contribution in [0.1, 0.15) is 16.8 Å². The molecule has 0 saturated heterocycles. The molecule has 0 bridgehead atoms. The molecule has 2 unspecified atom stereocenters. The Kier molecular flexibility index (Phi) is 6.01. The van der Waals surface area contributed by atoms with Gasteiger partial charge in [0.1, 0.15) is 5.66 Å². The van der Waals surface area contributed by atoms with Crippen molar-refractivity contribution in [1.29, 1.82) is 0 Å². The normalized spacial score (nSPS) is 14.9. The molecule has 0 aliphatic heterocycles. The van der Waals surface area contributed by atoms with Gasteiger partial charge in [-0.25, -0.2) is 8.78 Å². The highest BCUT2D eigenvalue weighted by molar-refractivity contribution is 7.58. The molecular weight excluding hydrogens is 427 g/mol. The summed E-state index contributed by atoms with van der Waals surface area (Å²) in [6.07, 6.45) is 2.58. The monoisotopic (exact) mass is 441 g/mol. The molecule has 2 N–H and O–H groups in total. The van der Waals surface area contributed by atoms with Crippen LogP contribution < -0.4 is 5.32 Å². The number of carbonyl (C=O) groups is 1. The molecule has 9 heteroatoms. The number of carbonyl (C=O) groups excluding carboxylic acids is 1. The van der Waals surface area contributed by atoms with E-state index in [0.29, 0.717) is 21.5 Å². The summed E-state index contributed by atoms with van der Waals surface area (Å²) < 4.78 is 39.5. The summed E-state index contributed by atoms with van der Waals surface area (Å²) in [4.78, 5) is 22.9. The Morgan fingerprint density at radius 3 is 2.68 bits per heavy atom. The van der Waals surface area contributed by atoms with Gasteiger partial charge >= 0.3 is 0 Å². The number of hydrogen-bond donors (Lipinski definition) is 2. The van der Waals surface area contributed by atoms with Gasteiger partial charge in [-0.05, 0) is 58.3 Å². The third-order valence-electron chi connectivity index (χ3n) is 4.03. The molecule has 2 atom stereocenters. The minimum absolute atomic E-state index is 0.326.